The summed E-state index contributed by atoms with van der Waals surface area (Å²) in [5, 5.41) is 3.27. The fraction of sp³-hybridized carbons (Fsp3) is 0.0476. The smallest absolute Gasteiger partial charge is 0.196 e. The van der Waals surface area contributed by atoms with Crippen molar-refractivity contribution in [3.05, 3.63) is 94.5 Å². The van der Waals surface area contributed by atoms with E-state index < -0.39 is 0 Å². The zero-order valence-electron chi connectivity index (χ0n) is 13.2. The van der Waals surface area contributed by atoms with Gasteiger partial charge >= 0.3 is 0 Å². The molecule has 1 aliphatic rings. The van der Waals surface area contributed by atoms with Gasteiger partial charge in [0.25, 0.3) is 0 Å². The Kier molecular flexibility index (Phi) is 3.28. The van der Waals surface area contributed by atoms with E-state index in [0.29, 0.717) is 27.9 Å². The summed E-state index contributed by atoms with van der Waals surface area (Å²) in [5.74, 6) is -0.197. The van der Waals surface area contributed by atoms with E-state index in [4.69, 9.17) is 0 Å². The molecule has 0 amide bonds. The highest BCUT2D eigenvalue weighted by Crippen LogP contribution is 2.35. The fourth-order valence-electron chi connectivity index (χ4n) is 3.16. The molecule has 24 heavy (non-hydrogen) atoms. The van der Waals surface area contributed by atoms with Crippen molar-refractivity contribution in [3.63, 3.8) is 0 Å². The average molecular weight is 313 g/mol. The summed E-state index contributed by atoms with van der Waals surface area (Å²) in [7, 11) is 0. The molecule has 0 bridgehead atoms. The molecule has 0 radical (unpaired) electrons. The van der Waals surface area contributed by atoms with Gasteiger partial charge in [-0.3, -0.25) is 9.59 Å². The topological polar surface area (TPSA) is 46.2 Å². The van der Waals surface area contributed by atoms with Crippen LogP contribution in [0, 0.1) is 6.92 Å². The summed E-state index contributed by atoms with van der Waals surface area (Å²) in [6.07, 6.45) is 0. The summed E-state index contributed by atoms with van der Waals surface area (Å²) in [6, 6.07) is 20.4. The predicted molar refractivity (Wildman–Crippen MR) is 94.2 cm³/mol. The Labute approximate surface area is 140 Å². The zero-order valence-corrected chi connectivity index (χ0v) is 13.2. The van der Waals surface area contributed by atoms with E-state index in [1.807, 2.05) is 49.4 Å². The van der Waals surface area contributed by atoms with E-state index in [9.17, 15) is 9.59 Å². The van der Waals surface area contributed by atoms with Gasteiger partial charge in [-0.2, -0.15) is 0 Å². The maximum absolute atomic E-state index is 13.0. The van der Waals surface area contributed by atoms with Crippen LogP contribution in [-0.4, -0.2) is 11.6 Å². The van der Waals surface area contributed by atoms with Crippen LogP contribution < -0.4 is 5.32 Å². The number of para-hydroxylation sites is 1. The van der Waals surface area contributed by atoms with Crippen LogP contribution in [0.2, 0.25) is 0 Å². The largest absolute Gasteiger partial charge is 0.355 e. The summed E-state index contributed by atoms with van der Waals surface area (Å²) >= 11 is 0. The van der Waals surface area contributed by atoms with Gasteiger partial charge in [-0.25, -0.2) is 0 Å². The van der Waals surface area contributed by atoms with Crippen LogP contribution >= 0.6 is 0 Å². The summed E-state index contributed by atoms with van der Waals surface area (Å²) in [4.78, 5) is 25.9. The van der Waals surface area contributed by atoms with E-state index in [0.717, 1.165) is 11.3 Å². The quantitative estimate of drug-likeness (QED) is 0.592. The van der Waals surface area contributed by atoms with Gasteiger partial charge < -0.3 is 5.32 Å². The first-order valence-corrected chi connectivity index (χ1v) is 7.81. The Hall–Kier alpha value is -3.20. The molecule has 3 aromatic carbocycles. The van der Waals surface area contributed by atoms with Gasteiger partial charge in [0.15, 0.2) is 11.6 Å². The standard InChI is InChI=1S/C21H15NO2/c1-13-11-12-17(22-14-7-3-2-4-8-14)19-18(13)20(23)15-9-5-6-10-16(15)21(19)24/h2-12,22H,1H3. The third-order valence-electron chi connectivity index (χ3n) is 4.34. The molecule has 0 spiro atoms. The van der Waals surface area contributed by atoms with Crippen molar-refractivity contribution in [3.8, 4) is 0 Å². The van der Waals surface area contributed by atoms with Crippen molar-refractivity contribution >= 4 is 22.9 Å². The second-order valence-electron chi connectivity index (χ2n) is 5.87. The average Bonchev–Trinajstić information content (AvgIpc) is 2.62. The van der Waals surface area contributed by atoms with Crippen molar-refractivity contribution in [1.82, 2.24) is 0 Å². The first-order valence-electron chi connectivity index (χ1n) is 7.81. The third kappa shape index (κ3) is 2.14. The number of aryl methyl sites for hydroxylation is 1. The highest BCUT2D eigenvalue weighted by Gasteiger charge is 2.32. The van der Waals surface area contributed by atoms with Crippen LogP contribution in [0.15, 0.2) is 66.7 Å². The first kappa shape index (κ1) is 14.4. The molecule has 3 heteroatoms. The van der Waals surface area contributed by atoms with Crippen molar-refractivity contribution in [1.29, 1.82) is 0 Å². The van der Waals surface area contributed by atoms with Crippen molar-refractivity contribution in [2.24, 2.45) is 0 Å². The molecule has 1 aliphatic carbocycles. The lowest BCUT2D eigenvalue weighted by Gasteiger charge is -2.22. The molecule has 0 unspecified atom stereocenters. The number of carbonyl (C=O) groups is 2. The minimum Gasteiger partial charge on any atom is -0.355 e. The SMILES string of the molecule is Cc1ccc(Nc2ccccc2)c2c1C(=O)c1ccccc1C2=O. The monoisotopic (exact) mass is 313 g/mol. The second kappa shape index (κ2) is 5.46. The van der Waals surface area contributed by atoms with Gasteiger partial charge in [0.05, 0.1) is 11.3 Å². The molecule has 0 aliphatic heterocycles. The molecule has 3 nitrogen and oxygen atoms in total. The van der Waals surface area contributed by atoms with Crippen LogP contribution in [0.25, 0.3) is 0 Å². The summed E-state index contributed by atoms with van der Waals surface area (Å²) < 4.78 is 0. The number of hydrogen-bond donors (Lipinski definition) is 1. The van der Waals surface area contributed by atoms with E-state index in [1.165, 1.54) is 0 Å². The minimum atomic E-state index is -0.109. The minimum absolute atomic E-state index is 0.0885. The Balaban J connectivity index is 1.92. The lowest BCUT2D eigenvalue weighted by atomic mass is 9.81. The maximum atomic E-state index is 13.0. The highest BCUT2D eigenvalue weighted by molar-refractivity contribution is 6.30. The van der Waals surface area contributed by atoms with Crippen molar-refractivity contribution < 1.29 is 9.59 Å². The molecule has 0 aromatic heterocycles. The van der Waals surface area contributed by atoms with Gasteiger partial charge in [-0.1, -0.05) is 48.5 Å². The Morgan fingerprint density at radius 2 is 1.25 bits per heavy atom. The lowest BCUT2D eigenvalue weighted by molar-refractivity contribution is 0.0979. The van der Waals surface area contributed by atoms with Gasteiger partial charge in [0.2, 0.25) is 0 Å². The van der Waals surface area contributed by atoms with Crippen LogP contribution in [0.3, 0.4) is 0 Å². The molecule has 4 rings (SSSR count). The Bertz CT molecular complexity index is 974. The fourth-order valence-corrected chi connectivity index (χ4v) is 3.16. The van der Waals surface area contributed by atoms with Gasteiger partial charge in [-0.05, 0) is 30.7 Å². The molecule has 1 N–H and O–H groups in total. The van der Waals surface area contributed by atoms with Crippen LogP contribution in [-0.2, 0) is 0 Å². The van der Waals surface area contributed by atoms with Crippen molar-refractivity contribution in [2.45, 2.75) is 6.92 Å². The van der Waals surface area contributed by atoms with Crippen molar-refractivity contribution in [2.75, 3.05) is 5.32 Å². The number of benzene rings is 3. The third-order valence-corrected chi connectivity index (χ3v) is 4.34. The van der Waals surface area contributed by atoms with Crippen LogP contribution in [0.1, 0.15) is 37.4 Å². The Morgan fingerprint density at radius 1 is 0.667 bits per heavy atom. The normalized spacial score (nSPS) is 12.5. The molecule has 0 saturated heterocycles. The van der Waals surface area contributed by atoms with Gasteiger partial charge in [-0.15, -0.1) is 0 Å². The lowest BCUT2D eigenvalue weighted by Crippen LogP contribution is -2.23. The van der Waals surface area contributed by atoms with E-state index in [1.54, 1.807) is 24.3 Å². The maximum Gasteiger partial charge on any atom is 0.196 e. The summed E-state index contributed by atoms with van der Waals surface area (Å²) in [5.41, 5.74) is 4.27. The van der Waals surface area contributed by atoms with Gasteiger partial charge in [0, 0.05) is 22.4 Å². The first-order chi connectivity index (χ1) is 11.7. The Morgan fingerprint density at radius 3 is 1.92 bits per heavy atom. The molecular weight excluding hydrogens is 298 g/mol. The zero-order chi connectivity index (χ0) is 16.7. The van der Waals surface area contributed by atoms with Gasteiger partial charge in [0.1, 0.15) is 0 Å². The number of fused-ring (bicyclic) bond motifs is 2. The van der Waals surface area contributed by atoms with Crippen LogP contribution in [0.5, 0.6) is 0 Å². The summed E-state index contributed by atoms with van der Waals surface area (Å²) in [6.45, 7) is 1.87. The molecule has 0 atom stereocenters. The van der Waals surface area contributed by atoms with E-state index in [-0.39, 0.29) is 11.6 Å². The number of ketones is 2. The number of hydrogen-bond acceptors (Lipinski definition) is 3. The number of nitrogens with one attached hydrogen (secondary N) is 1. The number of rotatable bonds is 2. The number of anilines is 2. The highest BCUT2D eigenvalue weighted by atomic mass is 16.1. The molecule has 116 valence electrons. The molecule has 0 heterocycles. The number of carbonyl (C=O) groups excluding carboxylic acids is 2. The molecular formula is C21H15NO2. The molecule has 0 fully saturated rings. The molecule has 3 aromatic rings. The predicted octanol–water partition coefficient (Wildman–Crippen LogP) is 4.51. The van der Waals surface area contributed by atoms with Crippen LogP contribution in [0.4, 0.5) is 11.4 Å². The van der Waals surface area contributed by atoms with E-state index in [2.05, 4.69) is 5.32 Å². The molecule has 0 saturated carbocycles. The van der Waals surface area contributed by atoms with E-state index >= 15 is 0 Å². The second-order valence-corrected chi connectivity index (χ2v) is 5.87.